The van der Waals surface area contributed by atoms with Gasteiger partial charge in [0.15, 0.2) is 0 Å². The molecule has 0 saturated carbocycles. The monoisotopic (exact) mass is 541 g/mol. The molecule has 0 saturated heterocycles. The Hall–Kier alpha value is 0.430. The van der Waals surface area contributed by atoms with Crippen molar-refractivity contribution in [2.24, 2.45) is 0 Å². The normalized spacial score (nSPS) is 12.4. The number of hydrogen-bond acceptors (Lipinski definition) is 0. The second kappa shape index (κ2) is 31.0. The summed E-state index contributed by atoms with van der Waals surface area (Å²) in [5.41, 5.74) is 0. The minimum absolute atomic E-state index is 1.09. The summed E-state index contributed by atoms with van der Waals surface area (Å²) < 4.78 is 0. The number of unbranched alkanes of at least 4 members (excludes halogenated alkanes) is 24. The fraction of sp³-hybridized carbons (Fsp3) is 1.00. The first-order valence-electron chi connectivity index (χ1n) is 18.2. The van der Waals surface area contributed by atoms with Crippen molar-refractivity contribution in [1.82, 2.24) is 0 Å². The molecule has 0 bridgehead atoms. The number of hydrogen-bond donors (Lipinski definition) is 0. The molecule has 0 aliphatic carbocycles. The van der Waals surface area contributed by atoms with Gasteiger partial charge in [-0.2, -0.15) is 0 Å². The van der Waals surface area contributed by atoms with Gasteiger partial charge < -0.3 is 0 Å². The summed E-state index contributed by atoms with van der Waals surface area (Å²) in [6, 6.07) is 0. The zero-order valence-electron chi connectivity index (χ0n) is 27.1. The van der Waals surface area contributed by atoms with E-state index in [9.17, 15) is 0 Å². The molecule has 0 heterocycles. The molecule has 0 aliphatic rings. The van der Waals surface area contributed by atoms with Crippen molar-refractivity contribution in [3.63, 3.8) is 0 Å². The predicted molar refractivity (Wildman–Crippen MR) is 180 cm³/mol. The molecule has 0 amide bonds. The Labute approximate surface area is 239 Å². The molecule has 0 atom stereocenters. The standard InChI is InChI=1S/C36H77P/c1-5-9-13-17-20-23-26-30-34-37(33-29-16-12-8-4,35-31-27-24-21-18-14-10-6-2)36-32-28-25-22-19-15-11-7-3/h37H,5-36H2,1-4H3. The van der Waals surface area contributed by atoms with Crippen LogP contribution in [0.5, 0.6) is 0 Å². The molecule has 0 unspecified atom stereocenters. The van der Waals surface area contributed by atoms with Crippen LogP contribution in [0.3, 0.4) is 0 Å². The van der Waals surface area contributed by atoms with Crippen LogP contribution < -0.4 is 0 Å². The van der Waals surface area contributed by atoms with E-state index < -0.39 is 7.26 Å². The Balaban J connectivity index is 4.68. The van der Waals surface area contributed by atoms with Gasteiger partial charge in [0.05, 0.1) is 0 Å². The molecular weight excluding hydrogens is 463 g/mol. The van der Waals surface area contributed by atoms with E-state index in [1.165, 1.54) is 154 Å². The Bertz CT molecular complexity index is 353. The molecule has 0 N–H and O–H groups in total. The molecule has 0 nitrogen and oxygen atoms in total. The maximum absolute atomic E-state index is 2.38. The summed E-state index contributed by atoms with van der Waals surface area (Å²) in [6.07, 6.45) is 48.4. The van der Waals surface area contributed by atoms with Gasteiger partial charge in [-0.25, -0.2) is 0 Å². The average molecular weight is 541 g/mol. The van der Waals surface area contributed by atoms with E-state index in [2.05, 4.69) is 27.7 Å². The van der Waals surface area contributed by atoms with Crippen molar-refractivity contribution in [2.75, 3.05) is 24.6 Å². The van der Waals surface area contributed by atoms with Gasteiger partial charge in [0.25, 0.3) is 0 Å². The van der Waals surface area contributed by atoms with Crippen LogP contribution >= 0.6 is 7.26 Å². The Morgan fingerprint density at radius 1 is 0.216 bits per heavy atom. The molecular formula is C36H77P. The summed E-state index contributed by atoms with van der Waals surface area (Å²) in [7, 11) is -1.09. The van der Waals surface area contributed by atoms with Gasteiger partial charge in [-0.05, 0) is 0 Å². The third-order valence-electron chi connectivity index (χ3n) is 9.24. The zero-order chi connectivity index (χ0) is 27.1. The van der Waals surface area contributed by atoms with E-state index in [0.717, 1.165) is 0 Å². The van der Waals surface area contributed by atoms with E-state index >= 15 is 0 Å². The quantitative estimate of drug-likeness (QED) is 0.0588. The van der Waals surface area contributed by atoms with Crippen molar-refractivity contribution >= 4 is 7.26 Å². The second-order valence-corrected chi connectivity index (χ2v) is 18.0. The molecule has 0 radical (unpaired) electrons. The first-order valence-corrected chi connectivity index (χ1v) is 21.1. The van der Waals surface area contributed by atoms with Crippen LogP contribution in [-0.4, -0.2) is 24.6 Å². The van der Waals surface area contributed by atoms with Gasteiger partial charge in [-0.1, -0.05) is 0 Å². The molecule has 0 aromatic rings. The molecule has 0 aliphatic heterocycles. The van der Waals surface area contributed by atoms with Gasteiger partial charge in [0.1, 0.15) is 0 Å². The molecule has 0 rings (SSSR count). The Kier molecular flexibility index (Phi) is 31.3. The van der Waals surface area contributed by atoms with Crippen LogP contribution in [0.15, 0.2) is 0 Å². The van der Waals surface area contributed by atoms with Gasteiger partial charge in [0, 0.05) is 0 Å². The first kappa shape index (κ1) is 37.4. The van der Waals surface area contributed by atoms with E-state index in [0.29, 0.717) is 0 Å². The molecule has 37 heavy (non-hydrogen) atoms. The fourth-order valence-corrected chi connectivity index (χ4v) is 12.1. The van der Waals surface area contributed by atoms with Crippen molar-refractivity contribution in [3.8, 4) is 0 Å². The molecule has 1 heteroatoms. The summed E-state index contributed by atoms with van der Waals surface area (Å²) in [5.74, 6) is 0. The van der Waals surface area contributed by atoms with Gasteiger partial charge in [-0.3, -0.25) is 0 Å². The molecule has 0 aromatic carbocycles. The maximum atomic E-state index is 2.38. The van der Waals surface area contributed by atoms with Crippen LogP contribution in [-0.2, 0) is 0 Å². The van der Waals surface area contributed by atoms with E-state index in [1.54, 1.807) is 50.3 Å². The third-order valence-corrected chi connectivity index (χ3v) is 14.9. The van der Waals surface area contributed by atoms with Crippen LogP contribution in [0.2, 0.25) is 0 Å². The van der Waals surface area contributed by atoms with E-state index in [4.69, 9.17) is 0 Å². The van der Waals surface area contributed by atoms with Gasteiger partial charge in [-0.15, -0.1) is 0 Å². The third kappa shape index (κ3) is 26.4. The van der Waals surface area contributed by atoms with Crippen LogP contribution in [0.1, 0.15) is 207 Å². The molecule has 0 spiro atoms. The van der Waals surface area contributed by atoms with Crippen LogP contribution in [0.25, 0.3) is 0 Å². The van der Waals surface area contributed by atoms with Gasteiger partial charge in [0.2, 0.25) is 0 Å². The summed E-state index contributed by atoms with van der Waals surface area (Å²) in [6.45, 7) is 9.39. The van der Waals surface area contributed by atoms with Gasteiger partial charge >= 0.3 is 239 Å². The SMILES string of the molecule is CCCCCCCCCC[PH](CCCCCC)(CCCCCCCCCC)CCCCCCCCCC. The molecule has 226 valence electrons. The molecule has 0 aromatic heterocycles. The van der Waals surface area contributed by atoms with E-state index in [1.807, 2.05) is 0 Å². The number of rotatable bonds is 32. The van der Waals surface area contributed by atoms with Crippen molar-refractivity contribution in [3.05, 3.63) is 0 Å². The second-order valence-electron chi connectivity index (χ2n) is 13.0. The topological polar surface area (TPSA) is 0 Å². The van der Waals surface area contributed by atoms with Crippen molar-refractivity contribution in [2.45, 2.75) is 207 Å². The average Bonchev–Trinajstić information content (AvgIpc) is 2.91. The first-order chi connectivity index (χ1) is 18.2. The van der Waals surface area contributed by atoms with Crippen LogP contribution in [0.4, 0.5) is 0 Å². The van der Waals surface area contributed by atoms with Crippen molar-refractivity contribution < 1.29 is 0 Å². The summed E-state index contributed by atoms with van der Waals surface area (Å²) in [4.78, 5) is 0. The Morgan fingerprint density at radius 3 is 0.595 bits per heavy atom. The minimum atomic E-state index is -1.09. The Morgan fingerprint density at radius 2 is 0.378 bits per heavy atom. The van der Waals surface area contributed by atoms with E-state index in [-0.39, 0.29) is 0 Å². The summed E-state index contributed by atoms with van der Waals surface area (Å²) >= 11 is 0. The van der Waals surface area contributed by atoms with Crippen molar-refractivity contribution in [1.29, 1.82) is 0 Å². The fourth-order valence-electron chi connectivity index (χ4n) is 6.58. The predicted octanol–water partition coefficient (Wildman–Crippen LogP) is 13.7. The molecule has 0 fully saturated rings. The summed E-state index contributed by atoms with van der Waals surface area (Å²) in [5, 5.41) is 0. The zero-order valence-corrected chi connectivity index (χ0v) is 28.1. The van der Waals surface area contributed by atoms with Crippen LogP contribution in [0, 0.1) is 0 Å².